The highest BCUT2D eigenvalue weighted by molar-refractivity contribution is 5.50. The largest absolute Gasteiger partial charge is 0.203 e. The van der Waals surface area contributed by atoms with Gasteiger partial charge >= 0.3 is 0 Å². The van der Waals surface area contributed by atoms with Crippen LogP contribution in [0.3, 0.4) is 0 Å². The van der Waals surface area contributed by atoms with Crippen molar-refractivity contribution in [2.45, 2.75) is 67.2 Å². The summed E-state index contributed by atoms with van der Waals surface area (Å²) in [6.07, 6.45) is 7.19. The van der Waals surface area contributed by atoms with Gasteiger partial charge in [-0.05, 0) is 35.8 Å². The molecule has 0 aliphatic heterocycles. The number of allylic oxidation sites excluding steroid dienone is 8. The first kappa shape index (κ1) is 26.5. The minimum atomic E-state index is -0.994. The lowest BCUT2D eigenvalue weighted by Crippen LogP contribution is -2.01. The van der Waals surface area contributed by atoms with Gasteiger partial charge in [0.15, 0.2) is 11.7 Å². The Morgan fingerprint density at radius 2 is 1.42 bits per heavy atom. The number of hydrogen-bond acceptors (Lipinski definition) is 0. The van der Waals surface area contributed by atoms with E-state index < -0.39 is 11.7 Å². The lowest BCUT2D eigenvalue weighted by atomic mass is 9.91. The van der Waals surface area contributed by atoms with Crippen molar-refractivity contribution in [3.05, 3.63) is 72.4 Å². The molecule has 0 heterocycles. The van der Waals surface area contributed by atoms with Crippen molar-refractivity contribution in [1.82, 2.24) is 0 Å². The minimum Gasteiger partial charge on any atom is -0.203 e. The smallest absolute Gasteiger partial charge is 0.166 e. The summed E-state index contributed by atoms with van der Waals surface area (Å²) >= 11 is 0. The summed E-state index contributed by atoms with van der Waals surface area (Å²) < 4.78 is 27.8. The fraction of sp³-hybridized carbons (Fsp3) is 0.500. The molecule has 0 saturated heterocycles. The van der Waals surface area contributed by atoms with Gasteiger partial charge in [-0.1, -0.05) is 98.4 Å². The molecule has 0 aliphatic carbocycles. The third-order valence-electron chi connectivity index (χ3n) is 4.50. The SMILES string of the molecule is C=C(/C=C\C(=C)C(C)CCC(C)CC)C(=C)/C(F)=C(/F)C(=C)CC.CC. The summed E-state index contributed by atoms with van der Waals surface area (Å²) in [4.78, 5) is 0. The van der Waals surface area contributed by atoms with Gasteiger partial charge in [0.2, 0.25) is 0 Å². The molecule has 0 fully saturated rings. The molecular formula is C24H38F2. The molecule has 0 amide bonds. The molecule has 0 radical (unpaired) electrons. The van der Waals surface area contributed by atoms with Gasteiger partial charge in [0.05, 0.1) is 0 Å². The second-order valence-corrected chi connectivity index (χ2v) is 6.49. The number of rotatable bonds is 11. The Bertz CT molecular complexity index is 547. The molecule has 26 heavy (non-hydrogen) atoms. The first-order valence-corrected chi connectivity index (χ1v) is 9.64. The van der Waals surface area contributed by atoms with E-state index in [9.17, 15) is 8.78 Å². The second-order valence-electron chi connectivity index (χ2n) is 6.49. The van der Waals surface area contributed by atoms with Crippen molar-refractivity contribution < 1.29 is 8.78 Å². The first-order chi connectivity index (χ1) is 12.1. The van der Waals surface area contributed by atoms with E-state index in [1.807, 2.05) is 19.9 Å². The van der Waals surface area contributed by atoms with E-state index in [2.05, 4.69) is 47.1 Å². The Kier molecular flexibility index (Phi) is 14.8. The molecule has 2 unspecified atom stereocenters. The summed E-state index contributed by atoms with van der Waals surface area (Å²) in [6, 6.07) is 0. The maximum atomic E-state index is 14.0. The predicted molar refractivity (Wildman–Crippen MR) is 114 cm³/mol. The Morgan fingerprint density at radius 3 is 1.88 bits per heavy atom. The number of halogens is 2. The zero-order valence-electron chi connectivity index (χ0n) is 17.7. The molecule has 0 N–H and O–H groups in total. The van der Waals surface area contributed by atoms with Gasteiger partial charge in [0.25, 0.3) is 0 Å². The monoisotopic (exact) mass is 364 g/mol. The standard InChI is InChI=1S/C22H32F2.C2H6/c1-9-15(3)11-12-17(5)18(6)13-14-19(7)20(8)22(24)21(23)16(4)10-2;1-2/h13-15,17H,4,6-12H2,1-3,5H3;1-2H3/b14-13-,22-21-;. The summed E-state index contributed by atoms with van der Waals surface area (Å²) in [7, 11) is 0. The van der Waals surface area contributed by atoms with Gasteiger partial charge in [0, 0.05) is 5.57 Å². The molecule has 0 nitrogen and oxygen atoms in total. The topological polar surface area (TPSA) is 0 Å². The molecule has 2 atom stereocenters. The van der Waals surface area contributed by atoms with Crippen molar-refractivity contribution >= 4 is 0 Å². The fourth-order valence-electron chi connectivity index (χ4n) is 1.98. The van der Waals surface area contributed by atoms with Crippen LogP contribution in [0.25, 0.3) is 0 Å². The van der Waals surface area contributed by atoms with E-state index in [0.717, 1.165) is 18.4 Å². The Hall–Kier alpha value is -1.70. The molecular weight excluding hydrogens is 326 g/mol. The van der Waals surface area contributed by atoms with Crippen molar-refractivity contribution in [1.29, 1.82) is 0 Å². The third kappa shape index (κ3) is 9.70. The van der Waals surface area contributed by atoms with Crippen LogP contribution in [0.4, 0.5) is 8.78 Å². The maximum absolute atomic E-state index is 14.0. The van der Waals surface area contributed by atoms with Crippen molar-refractivity contribution in [2.75, 3.05) is 0 Å². The zero-order chi connectivity index (χ0) is 20.9. The summed E-state index contributed by atoms with van der Waals surface area (Å²) in [5.74, 6) is -0.897. The van der Waals surface area contributed by atoms with Crippen LogP contribution in [0.15, 0.2) is 72.4 Å². The van der Waals surface area contributed by atoms with Crippen LogP contribution < -0.4 is 0 Å². The Balaban J connectivity index is 0. The van der Waals surface area contributed by atoms with Gasteiger partial charge in [-0.2, -0.15) is 0 Å². The van der Waals surface area contributed by atoms with Crippen LogP contribution in [0.5, 0.6) is 0 Å². The average molecular weight is 365 g/mol. The lowest BCUT2D eigenvalue weighted by Gasteiger charge is -2.15. The molecule has 0 aromatic carbocycles. The van der Waals surface area contributed by atoms with Crippen molar-refractivity contribution in [3.63, 3.8) is 0 Å². The summed E-state index contributed by atoms with van der Waals surface area (Å²) in [5.41, 5.74) is 1.35. The quantitative estimate of drug-likeness (QED) is 0.321. The normalized spacial score (nSPS) is 14.0. The highest BCUT2D eigenvalue weighted by atomic mass is 19.2. The van der Waals surface area contributed by atoms with E-state index in [0.29, 0.717) is 23.8 Å². The molecule has 0 bridgehead atoms. The van der Waals surface area contributed by atoms with E-state index in [1.54, 1.807) is 13.0 Å². The highest BCUT2D eigenvalue weighted by Crippen LogP contribution is 2.28. The number of hydrogen-bond donors (Lipinski definition) is 0. The maximum Gasteiger partial charge on any atom is 0.166 e. The van der Waals surface area contributed by atoms with Crippen molar-refractivity contribution in [2.24, 2.45) is 11.8 Å². The second kappa shape index (κ2) is 14.5. The summed E-state index contributed by atoms with van der Waals surface area (Å²) in [5, 5.41) is 0. The van der Waals surface area contributed by atoms with Crippen LogP contribution in [0.2, 0.25) is 0 Å². The van der Waals surface area contributed by atoms with Gasteiger partial charge < -0.3 is 0 Å². The molecule has 0 saturated carbocycles. The third-order valence-corrected chi connectivity index (χ3v) is 4.50. The van der Waals surface area contributed by atoms with E-state index in [1.165, 1.54) is 6.42 Å². The van der Waals surface area contributed by atoms with Gasteiger partial charge in [-0.3, -0.25) is 0 Å². The van der Waals surface area contributed by atoms with Gasteiger partial charge in [0.1, 0.15) is 0 Å². The lowest BCUT2D eigenvalue weighted by molar-refractivity contribution is 0.454. The minimum absolute atomic E-state index is 0.0570. The Morgan fingerprint density at radius 1 is 0.885 bits per heavy atom. The first-order valence-electron chi connectivity index (χ1n) is 9.64. The van der Waals surface area contributed by atoms with Crippen LogP contribution in [-0.2, 0) is 0 Å². The zero-order valence-corrected chi connectivity index (χ0v) is 17.7. The molecule has 0 aromatic heterocycles. The molecule has 0 rings (SSSR count). The van der Waals surface area contributed by atoms with Gasteiger partial charge in [-0.15, -0.1) is 0 Å². The van der Waals surface area contributed by atoms with Crippen LogP contribution >= 0.6 is 0 Å². The van der Waals surface area contributed by atoms with E-state index in [4.69, 9.17) is 0 Å². The van der Waals surface area contributed by atoms with Gasteiger partial charge in [-0.25, -0.2) is 8.78 Å². The van der Waals surface area contributed by atoms with E-state index in [-0.39, 0.29) is 11.1 Å². The molecule has 148 valence electrons. The molecule has 2 heteroatoms. The van der Waals surface area contributed by atoms with E-state index >= 15 is 0 Å². The van der Waals surface area contributed by atoms with Crippen LogP contribution in [0, 0.1) is 11.8 Å². The molecule has 0 aromatic rings. The van der Waals surface area contributed by atoms with Crippen LogP contribution in [0.1, 0.15) is 67.2 Å². The van der Waals surface area contributed by atoms with Crippen LogP contribution in [-0.4, -0.2) is 0 Å². The molecule has 0 aliphatic rings. The highest BCUT2D eigenvalue weighted by Gasteiger charge is 2.13. The average Bonchev–Trinajstić information content (AvgIpc) is 2.68. The predicted octanol–water partition coefficient (Wildman–Crippen LogP) is 8.82. The molecule has 0 spiro atoms. The summed E-state index contributed by atoms with van der Waals surface area (Å²) in [6.45, 7) is 27.2. The van der Waals surface area contributed by atoms with Crippen molar-refractivity contribution in [3.8, 4) is 0 Å². The fourth-order valence-corrected chi connectivity index (χ4v) is 1.98. The Labute approximate surface area is 160 Å².